The third-order valence-corrected chi connectivity index (χ3v) is 4.75. The van der Waals surface area contributed by atoms with E-state index in [1.54, 1.807) is 6.07 Å². The first-order valence-corrected chi connectivity index (χ1v) is 12.6. The Hall–Kier alpha value is 0.359. The van der Waals surface area contributed by atoms with Gasteiger partial charge in [0.15, 0.2) is 0 Å². The molecule has 1 unspecified atom stereocenters. The van der Waals surface area contributed by atoms with E-state index in [1.165, 1.54) is 42.9 Å². The van der Waals surface area contributed by atoms with Crippen molar-refractivity contribution < 1.29 is 35.9 Å². The Morgan fingerprint density at radius 3 is 2.16 bits per heavy atom. The number of hydrogen-bond donors (Lipinski definition) is 0. The van der Waals surface area contributed by atoms with E-state index in [0.29, 0.717) is 19.8 Å². The summed E-state index contributed by atoms with van der Waals surface area (Å²) in [7, 11) is 3.24. The molecule has 1 fully saturated rings. The molecule has 1 aromatic rings. The van der Waals surface area contributed by atoms with Gasteiger partial charge < -0.3 is 5.32 Å². The van der Waals surface area contributed by atoms with Gasteiger partial charge in [0.2, 0.25) is 0 Å². The van der Waals surface area contributed by atoms with Crippen molar-refractivity contribution in [3.8, 4) is 0 Å². The maximum absolute atomic E-state index is 12.6. The van der Waals surface area contributed by atoms with Gasteiger partial charge in [0.05, 0.1) is 19.8 Å². The molecule has 0 radical (unpaired) electrons. The van der Waals surface area contributed by atoms with E-state index in [4.69, 9.17) is 13.6 Å². The fourth-order valence-corrected chi connectivity index (χ4v) is 3.10. The van der Waals surface area contributed by atoms with Crippen LogP contribution in [-0.2, 0) is 31.5 Å². The number of nitrogens with zero attached hydrogens (tertiary/aromatic N) is 1. The van der Waals surface area contributed by atoms with Gasteiger partial charge in [0, 0.05) is 5.82 Å². The standard InChI is InChI=1S/C11H12FN.C6H16O3P.ClH.Ir/c12-10-6-4-9(5-7-10)11-3-1-2-8-13-11;1-4-7-10(8-5-2)9-6-3;;/h4,6-7,11H,1-3,8H2;10H,4-6H2,1-3H3;1H;/q-2;+1;;+3/p-1. The van der Waals surface area contributed by atoms with Crippen LogP contribution in [0.15, 0.2) is 18.2 Å². The summed E-state index contributed by atoms with van der Waals surface area (Å²) in [5.74, 6) is -0.223. The molecular weight excluding hydrogens is 544 g/mol. The van der Waals surface area contributed by atoms with Crippen molar-refractivity contribution in [2.75, 3.05) is 26.4 Å². The second-order valence-electron chi connectivity index (χ2n) is 4.93. The zero-order valence-electron chi connectivity index (χ0n) is 15.0. The topological polar surface area (TPSA) is 41.8 Å². The Morgan fingerprint density at radius 2 is 1.76 bits per heavy atom. The first kappa shape index (κ1) is 25.4. The van der Waals surface area contributed by atoms with E-state index in [9.17, 15) is 4.39 Å². The predicted octanol–water partition coefficient (Wildman–Crippen LogP) is 5.97. The number of piperidine rings is 1. The molecule has 1 saturated heterocycles. The number of rotatable bonds is 7. The van der Waals surface area contributed by atoms with E-state index in [1.807, 2.05) is 20.8 Å². The first-order valence-electron chi connectivity index (χ1n) is 8.42. The van der Waals surface area contributed by atoms with Crippen LogP contribution >= 0.6 is 18.2 Å². The van der Waals surface area contributed by atoms with Crippen LogP contribution in [0.3, 0.4) is 0 Å². The van der Waals surface area contributed by atoms with Gasteiger partial charge in [-0.3, -0.25) is 4.39 Å². The molecule has 8 heteroatoms. The summed E-state index contributed by atoms with van der Waals surface area (Å²) in [6.07, 6.45) is 3.50. The fourth-order valence-electron chi connectivity index (χ4n) is 2.15. The molecule has 0 N–H and O–H groups in total. The predicted molar refractivity (Wildman–Crippen MR) is 99.1 cm³/mol. The Bertz CT molecular complexity index is 397. The van der Waals surface area contributed by atoms with Gasteiger partial charge >= 0.3 is 36.1 Å². The van der Waals surface area contributed by atoms with Crippen molar-refractivity contribution in [1.29, 1.82) is 0 Å². The van der Waals surface area contributed by atoms with Crippen LogP contribution in [0.2, 0.25) is 0 Å². The third kappa shape index (κ3) is 12.4. The quantitative estimate of drug-likeness (QED) is 0.299. The van der Waals surface area contributed by atoms with Crippen molar-refractivity contribution in [2.45, 2.75) is 46.1 Å². The molecular formula is C17H28ClFIrNO3P+. The molecule has 1 atom stereocenters. The maximum atomic E-state index is 12.6. The first-order chi connectivity index (χ1) is 12.2. The van der Waals surface area contributed by atoms with Crippen LogP contribution in [-0.4, -0.2) is 26.4 Å². The summed E-state index contributed by atoms with van der Waals surface area (Å²) in [6.45, 7) is 8.72. The van der Waals surface area contributed by atoms with Crippen LogP contribution < -0.4 is 0 Å². The van der Waals surface area contributed by atoms with E-state index >= 15 is 0 Å². The molecule has 0 aliphatic carbocycles. The summed E-state index contributed by atoms with van der Waals surface area (Å²) >= 11 is 1.47. The zero-order valence-corrected chi connectivity index (χ0v) is 19.2. The Labute approximate surface area is 167 Å². The van der Waals surface area contributed by atoms with E-state index in [-0.39, 0.29) is 11.9 Å². The third-order valence-electron chi connectivity index (χ3n) is 3.18. The van der Waals surface area contributed by atoms with Gasteiger partial charge in [-0.15, -0.1) is 24.7 Å². The normalized spacial score (nSPS) is 16.5. The minimum atomic E-state index is -1.40. The molecule has 0 bridgehead atoms. The SMILES string of the molecule is CCO[PH+](OCC)OCC.Fc1c[c-]c(C2CCCC[N-]2)cc1.[Cl][Ir+2]. The monoisotopic (exact) mass is 572 g/mol. The average Bonchev–Trinajstić information content (AvgIpc) is 2.66. The summed E-state index contributed by atoms with van der Waals surface area (Å²) in [5.41, 5.74) is 1.03. The van der Waals surface area contributed by atoms with Crippen molar-refractivity contribution in [3.05, 3.63) is 41.0 Å². The minimum absolute atomic E-state index is 0.223. The van der Waals surface area contributed by atoms with Crippen LogP contribution in [0.1, 0.15) is 51.6 Å². The van der Waals surface area contributed by atoms with Gasteiger partial charge in [0.25, 0.3) is 0 Å². The molecule has 4 nitrogen and oxygen atoms in total. The van der Waals surface area contributed by atoms with Gasteiger partial charge in [-0.25, -0.2) is 0 Å². The van der Waals surface area contributed by atoms with Gasteiger partial charge in [-0.2, -0.15) is 31.3 Å². The molecule has 2 rings (SSSR count). The number of halogens is 2. The Morgan fingerprint density at radius 1 is 1.16 bits per heavy atom. The molecule has 1 heterocycles. The van der Waals surface area contributed by atoms with Crippen molar-refractivity contribution in [1.82, 2.24) is 0 Å². The van der Waals surface area contributed by atoms with E-state index in [2.05, 4.69) is 21.0 Å². The van der Waals surface area contributed by atoms with Gasteiger partial charge in [-0.05, 0) is 20.8 Å². The summed E-state index contributed by atoms with van der Waals surface area (Å²) < 4.78 is 28.1. The summed E-state index contributed by atoms with van der Waals surface area (Å²) in [6, 6.07) is 7.85. The van der Waals surface area contributed by atoms with Crippen molar-refractivity contribution in [2.24, 2.45) is 0 Å². The molecule has 1 aliphatic heterocycles. The summed E-state index contributed by atoms with van der Waals surface area (Å²) in [5, 5.41) is 4.48. The molecule has 1 aromatic carbocycles. The Kier molecular flexibility index (Phi) is 18.0. The average molecular weight is 572 g/mol. The molecule has 146 valence electrons. The molecule has 0 spiro atoms. The second-order valence-corrected chi connectivity index (χ2v) is 6.30. The van der Waals surface area contributed by atoms with Crippen LogP contribution in [0.5, 0.6) is 0 Å². The molecule has 1 aliphatic rings. The number of benzene rings is 1. The molecule has 0 saturated carbocycles. The molecule has 0 aromatic heterocycles. The fraction of sp³-hybridized carbons (Fsp3) is 0.647. The summed E-state index contributed by atoms with van der Waals surface area (Å²) in [4.78, 5) is 0. The molecule has 0 amide bonds. The van der Waals surface area contributed by atoms with Crippen LogP contribution in [0, 0.1) is 11.9 Å². The van der Waals surface area contributed by atoms with Crippen molar-refractivity contribution >= 4 is 18.2 Å². The van der Waals surface area contributed by atoms with Gasteiger partial charge in [-0.1, -0.05) is 19.3 Å². The number of hydrogen-bond acceptors (Lipinski definition) is 3. The van der Waals surface area contributed by atoms with Crippen molar-refractivity contribution in [3.63, 3.8) is 0 Å². The van der Waals surface area contributed by atoms with Crippen LogP contribution in [0.4, 0.5) is 4.39 Å². The molecule has 25 heavy (non-hydrogen) atoms. The van der Waals surface area contributed by atoms with E-state index < -0.39 is 8.60 Å². The zero-order chi connectivity index (χ0) is 18.9. The Balaban J connectivity index is 0.000000434. The van der Waals surface area contributed by atoms with Crippen LogP contribution in [0.25, 0.3) is 5.32 Å². The van der Waals surface area contributed by atoms with Gasteiger partial charge in [0.1, 0.15) is 0 Å². The van der Waals surface area contributed by atoms with E-state index in [0.717, 1.165) is 18.5 Å². The second kappa shape index (κ2) is 17.8.